The summed E-state index contributed by atoms with van der Waals surface area (Å²) in [4.78, 5) is 30.8. The van der Waals surface area contributed by atoms with E-state index >= 15 is 0 Å². The second-order valence-corrected chi connectivity index (χ2v) is 9.65. The molecular formula is C28H36N4O4. The van der Waals surface area contributed by atoms with Crippen molar-refractivity contribution in [2.45, 2.75) is 58.6 Å². The first-order valence-electron chi connectivity index (χ1n) is 12.8. The number of rotatable bonds is 11. The minimum atomic E-state index is -0.521. The van der Waals surface area contributed by atoms with Crippen molar-refractivity contribution in [1.29, 1.82) is 0 Å². The number of aryl methyl sites for hydroxylation is 2. The van der Waals surface area contributed by atoms with Crippen molar-refractivity contribution in [3.63, 3.8) is 0 Å². The van der Waals surface area contributed by atoms with E-state index in [4.69, 9.17) is 14.5 Å². The van der Waals surface area contributed by atoms with Gasteiger partial charge < -0.3 is 24.7 Å². The summed E-state index contributed by atoms with van der Waals surface area (Å²) in [5, 5.41) is 7.11. The first kappa shape index (κ1) is 25.7. The molecule has 0 bridgehead atoms. The highest BCUT2D eigenvalue weighted by Crippen LogP contribution is 2.33. The van der Waals surface area contributed by atoms with E-state index in [1.807, 2.05) is 28.8 Å². The van der Waals surface area contributed by atoms with Gasteiger partial charge in [-0.25, -0.2) is 9.78 Å². The number of benzene rings is 1. The highest BCUT2D eigenvalue weighted by molar-refractivity contribution is 6.12. The topological polar surface area (TPSA) is 94.5 Å². The van der Waals surface area contributed by atoms with Crippen LogP contribution in [0.5, 0.6) is 0 Å². The van der Waals surface area contributed by atoms with E-state index in [1.165, 1.54) is 12.7 Å². The third-order valence-electron chi connectivity index (χ3n) is 6.49. The predicted molar refractivity (Wildman–Crippen MR) is 141 cm³/mol. The molecule has 36 heavy (non-hydrogen) atoms. The van der Waals surface area contributed by atoms with Crippen LogP contribution < -0.4 is 10.6 Å². The summed E-state index contributed by atoms with van der Waals surface area (Å²) in [5.41, 5.74) is 3.44. The number of ether oxygens (including phenoxy) is 2. The molecule has 1 saturated heterocycles. The molecule has 192 valence electrons. The van der Waals surface area contributed by atoms with Gasteiger partial charge in [-0.05, 0) is 49.7 Å². The summed E-state index contributed by atoms with van der Waals surface area (Å²) in [6.45, 7) is 6.29. The summed E-state index contributed by atoms with van der Waals surface area (Å²) in [6.07, 6.45) is 5.44. The quantitative estimate of drug-likeness (QED) is 0.365. The van der Waals surface area contributed by atoms with E-state index in [0.29, 0.717) is 47.9 Å². The minimum Gasteiger partial charge on any atom is -0.464 e. The lowest BCUT2D eigenvalue weighted by molar-refractivity contribution is -0.124. The third-order valence-corrected chi connectivity index (χ3v) is 6.49. The number of methoxy groups -OCH3 is 1. The first-order valence-corrected chi connectivity index (χ1v) is 12.8. The van der Waals surface area contributed by atoms with Crippen molar-refractivity contribution >= 4 is 34.3 Å². The van der Waals surface area contributed by atoms with Crippen molar-refractivity contribution in [3.05, 3.63) is 53.9 Å². The number of carbonyl (C=O) groups excluding carboxylic acids is 2. The number of aromatic nitrogens is 2. The molecule has 8 nitrogen and oxygen atoms in total. The molecule has 0 aliphatic carbocycles. The number of pyridine rings is 1. The summed E-state index contributed by atoms with van der Waals surface area (Å²) in [6, 6.07) is 12.2. The number of esters is 1. The first-order chi connectivity index (χ1) is 17.5. The van der Waals surface area contributed by atoms with Crippen LogP contribution in [0.25, 0.3) is 11.0 Å². The Bertz CT molecular complexity index is 1180. The molecule has 1 aromatic carbocycles. The predicted octanol–water partition coefficient (Wildman–Crippen LogP) is 5.03. The summed E-state index contributed by atoms with van der Waals surface area (Å²) in [5.74, 6) is -0.184. The largest absolute Gasteiger partial charge is 0.464 e. The van der Waals surface area contributed by atoms with E-state index in [2.05, 4.69) is 36.6 Å². The van der Waals surface area contributed by atoms with E-state index in [1.54, 1.807) is 6.20 Å². The molecule has 1 aliphatic heterocycles. The van der Waals surface area contributed by atoms with E-state index < -0.39 is 12.1 Å². The molecule has 3 aromatic rings. The Kier molecular flexibility index (Phi) is 8.59. The molecule has 1 fully saturated rings. The molecule has 0 spiro atoms. The third kappa shape index (κ3) is 6.05. The molecule has 4 rings (SSSR count). The highest BCUT2D eigenvalue weighted by Gasteiger charge is 2.30. The van der Waals surface area contributed by atoms with E-state index in [9.17, 15) is 9.59 Å². The molecule has 3 heterocycles. The van der Waals surface area contributed by atoms with Gasteiger partial charge >= 0.3 is 5.97 Å². The van der Waals surface area contributed by atoms with Crippen LogP contribution in [0.4, 0.5) is 11.4 Å². The van der Waals surface area contributed by atoms with Gasteiger partial charge in [0.05, 0.1) is 24.7 Å². The Morgan fingerprint density at radius 2 is 2.06 bits per heavy atom. The zero-order chi connectivity index (χ0) is 25.5. The highest BCUT2D eigenvalue weighted by atomic mass is 16.5. The molecule has 0 saturated carbocycles. The number of anilines is 2. The summed E-state index contributed by atoms with van der Waals surface area (Å²) >= 11 is 0. The van der Waals surface area contributed by atoms with Crippen LogP contribution >= 0.6 is 0 Å². The fourth-order valence-corrected chi connectivity index (χ4v) is 4.55. The molecule has 2 N–H and O–H groups in total. The van der Waals surface area contributed by atoms with Crippen LogP contribution in [-0.4, -0.2) is 47.8 Å². The van der Waals surface area contributed by atoms with Crippen molar-refractivity contribution in [2.24, 2.45) is 5.92 Å². The standard InChI is InChI=1S/C28H36N4O4/c1-19(2)13-14-29-21-17-22-24(31-27(33)23-12-8-16-36-23)25(28(34)35-3)32(26(22)30-18-21)15-7-11-20-9-5-4-6-10-20/h4-6,9-10,17-19,23,29H,7-8,11-16H2,1-3H3,(H,31,33). The van der Waals surface area contributed by atoms with Gasteiger partial charge in [0.15, 0.2) is 5.69 Å². The fourth-order valence-electron chi connectivity index (χ4n) is 4.55. The van der Waals surface area contributed by atoms with Gasteiger partial charge in [-0.3, -0.25) is 4.79 Å². The zero-order valence-electron chi connectivity index (χ0n) is 21.4. The average Bonchev–Trinajstić information content (AvgIpc) is 3.52. The normalized spacial score (nSPS) is 15.4. The maximum atomic E-state index is 13.0. The molecule has 8 heteroatoms. The van der Waals surface area contributed by atoms with Crippen LogP contribution in [0.3, 0.4) is 0 Å². The second-order valence-electron chi connectivity index (χ2n) is 9.65. The Labute approximate surface area is 212 Å². The molecule has 1 unspecified atom stereocenters. The Morgan fingerprint density at radius 3 is 2.75 bits per heavy atom. The van der Waals surface area contributed by atoms with Crippen LogP contribution in [0.2, 0.25) is 0 Å². The van der Waals surface area contributed by atoms with Crippen molar-refractivity contribution in [2.75, 3.05) is 30.9 Å². The van der Waals surface area contributed by atoms with Crippen LogP contribution in [-0.2, 0) is 27.2 Å². The van der Waals surface area contributed by atoms with Crippen molar-refractivity contribution in [1.82, 2.24) is 9.55 Å². The van der Waals surface area contributed by atoms with Crippen LogP contribution in [0.1, 0.15) is 55.6 Å². The maximum Gasteiger partial charge on any atom is 0.356 e. The zero-order valence-corrected chi connectivity index (χ0v) is 21.4. The molecule has 2 aromatic heterocycles. The van der Waals surface area contributed by atoms with Gasteiger partial charge in [0.1, 0.15) is 11.8 Å². The summed E-state index contributed by atoms with van der Waals surface area (Å²) in [7, 11) is 1.35. The number of nitrogens with zero attached hydrogens (tertiary/aromatic N) is 2. The number of carbonyl (C=O) groups is 2. The lowest BCUT2D eigenvalue weighted by Crippen LogP contribution is -2.28. The summed E-state index contributed by atoms with van der Waals surface area (Å²) < 4.78 is 12.6. The van der Waals surface area contributed by atoms with Gasteiger partial charge in [-0.1, -0.05) is 44.2 Å². The van der Waals surface area contributed by atoms with Gasteiger partial charge in [0.2, 0.25) is 0 Å². The number of hydrogen-bond acceptors (Lipinski definition) is 6. The van der Waals surface area contributed by atoms with Gasteiger partial charge in [0.25, 0.3) is 5.91 Å². The van der Waals surface area contributed by atoms with Crippen molar-refractivity contribution in [3.8, 4) is 0 Å². The monoisotopic (exact) mass is 492 g/mol. The molecule has 1 aliphatic rings. The van der Waals surface area contributed by atoms with Gasteiger partial charge in [-0.2, -0.15) is 0 Å². The molecule has 1 amide bonds. The van der Waals surface area contributed by atoms with Crippen molar-refractivity contribution < 1.29 is 19.1 Å². The molecule has 0 radical (unpaired) electrons. The Balaban J connectivity index is 1.70. The average molecular weight is 493 g/mol. The number of amides is 1. The minimum absolute atomic E-state index is 0.251. The maximum absolute atomic E-state index is 13.0. The fraction of sp³-hybridized carbons (Fsp3) is 0.464. The lowest BCUT2D eigenvalue weighted by Gasteiger charge is -2.13. The Morgan fingerprint density at radius 1 is 1.25 bits per heavy atom. The van der Waals surface area contributed by atoms with Crippen LogP contribution in [0, 0.1) is 5.92 Å². The second kappa shape index (κ2) is 12.0. The number of hydrogen-bond donors (Lipinski definition) is 2. The SMILES string of the molecule is COC(=O)c1c(NC(=O)C2CCCO2)c2cc(NCCC(C)C)cnc2n1CCCc1ccccc1. The Hall–Kier alpha value is -3.39. The molecule has 1 atom stereocenters. The number of nitrogens with one attached hydrogen (secondary N) is 2. The van der Waals surface area contributed by atoms with E-state index in [-0.39, 0.29) is 5.91 Å². The smallest absolute Gasteiger partial charge is 0.356 e. The van der Waals surface area contributed by atoms with E-state index in [0.717, 1.165) is 37.9 Å². The van der Waals surface area contributed by atoms with Crippen LogP contribution in [0.15, 0.2) is 42.6 Å². The van der Waals surface area contributed by atoms with Gasteiger partial charge in [-0.15, -0.1) is 0 Å². The number of fused-ring (bicyclic) bond motifs is 1. The molecular weight excluding hydrogens is 456 g/mol. The lowest BCUT2D eigenvalue weighted by atomic mass is 10.1. The van der Waals surface area contributed by atoms with Gasteiger partial charge in [0, 0.05) is 25.1 Å².